The van der Waals surface area contributed by atoms with Crippen LogP contribution < -0.4 is 21.7 Å². The van der Waals surface area contributed by atoms with E-state index in [1.54, 1.807) is 0 Å². The number of alkyl halides is 3. The van der Waals surface area contributed by atoms with E-state index in [2.05, 4.69) is 22.5 Å². The average molecular weight is 421 g/mol. The lowest BCUT2D eigenvalue weighted by atomic mass is 9.69. The first-order chi connectivity index (χ1) is 13.7. The van der Waals surface area contributed by atoms with Gasteiger partial charge in [-0.3, -0.25) is 10.6 Å². The van der Waals surface area contributed by atoms with Gasteiger partial charge in [0.2, 0.25) is 0 Å². The van der Waals surface area contributed by atoms with E-state index < -0.39 is 42.6 Å². The number of hydrogen-bond donors (Lipinski definition) is 5. The maximum atomic E-state index is 14.9. The fraction of sp³-hybridized carbons (Fsp3) is 0.900. The minimum absolute atomic E-state index is 0.0473. The van der Waals surface area contributed by atoms with E-state index in [0.29, 0.717) is 12.3 Å². The van der Waals surface area contributed by atoms with E-state index >= 15 is 0 Å². The number of hydrogen-bond acceptors (Lipinski definition) is 6. The van der Waals surface area contributed by atoms with Crippen molar-refractivity contribution in [2.24, 2.45) is 17.6 Å². The zero-order chi connectivity index (χ0) is 21.2. The third-order valence-electron chi connectivity index (χ3n) is 6.94. The summed E-state index contributed by atoms with van der Waals surface area (Å²) in [5.74, 6) is -3.82. The van der Waals surface area contributed by atoms with Crippen LogP contribution in [0.15, 0.2) is 12.7 Å². The van der Waals surface area contributed by atoms with E-state index in [0.717, 1.165) is 19.4 Å². The molecule has 0 aromatic rings. The van der Waals surface area contributed by atoms with E-state index in [-0.39, 0.29) is 31.5 Å². The van der Waals surface area contributed by atoms with Gasteiger partial charge in [0.1, 0.15) is 19.0 Å². The van der Waals surface area contributed by atoms with Gasteiger partial charge in [0.25, 0.3) is 5.92 Å². The number of nitrogens with one attached hydrogen (secondary N) is 3. The van der Waals surface area contributed by atoms with Crippen LogP contribution in [-0.4, -0.2) is 67.0 Å². The summed E-state index contributed by atoms with van der Waals surface area (Å²) in [6.07, 6.45) is 1.49. The van der Waals surface area contributed by atoms with Crippen LogP contribution in [0.2, 0.25) is 0 Å². The predicted octanol–water partition coefficient (Wildman–Crippen LogP) is 1.25. The number of halogens is 3. The summed E-state index contributed by atoms with van der Waals surface area (Å²) in [5.41, 5.74) is 4.03. The van der Waals surface area contributed by atoms with Crippen LogP contribution in [0.1, 0.15) is 39.0 Å². The Morgan fingerprint density at radius 2 is 2.07 bits per heavy atom. The zero-order valence-electron chi connectivity index (χ0n) is 17.0. The van der Waals surface area contributed by atoms with Gasteiger partial charge in [-0.1, -0.05) is 6.08 Å². The minimum atomic E-state index is -3.26. The lowest BCUT2D eigenvalue weighted by Gasteiger charge is -2.48. The van der Waals surface area contributed by atoms with E-state index in [4.69, 9.17) is 10.5 Å². The Hall–Kier alpha value is -0.710. The van der Waals surface area contributed by atoms with Crippen LogP contribution in [0.3, 0.4) is 0 Å². The highest BCUT2D eigenvalue weighted by molar-refractivity contribution is 5.08. The van der Waals surface area contributed by atoms with Gasteiger partial charge >= 0.3 is 0 Å². The first-order valence-electron chi connectivity index (χ1n) is 10.6. The highest BCUT2D eigenvalue weighted by Gasteiger charge is 2.59. The minimum Gasteiger partial charge on any atom is -0.377 e. The van der Waals surface area contributed by atoms with Gasteiger partial charge in [-0.25, -0.2) is 13.2 Å². The van der Waals surface area contributed by atoms with Crippen LogP contribution in [0.25, 0.3) is 0 Å². The normalized spacial score (nSPS) is 44.6. The van der Waals surface area contributed by atoms with Gasteiger partial charge in [-0.2, -0.15) is 0 Å². The Bertz CT molecular complexity index is 562. The number of aliphatic hydroxyl groups excluding tert-OH is 1. The van der Waals surface area contributed by atoms with Crippen molar-refractivity contribution in [2.75, 3.05) is 19.8 Å². The maximum absolute atomic E-state index is 14.9. The topological polar surface area (TPSA) is 91.6 Å². The molecule has 1 saturated carbocycles. The third kappa shape index (κ3) is 4.97. The smallest absolute Gasteiger partial charge is 0.288 e. The Kier molecular flexibility index (Phi) is 7.28. The largest absolute Gasteiger partial charge is 0.377 e. The SMILES string of the molecule is C=CC1CCC(C(O)NC2CCC(F)C(C3(C)NC(N)COCC3(F)F)C2)NC1. The molecule has 9 heteroatoms. The quantitative estimate of drug-likeness (QED) is 0.340. The summed E-state index contributed by atoms with van der Waals surface area (Å²) in [4.78, 5) is 0. The molecule has 0 spiro atoms. The molecule has 1 aliphatic carbocycles. The van der Waals surface area contributed by atoms with E-state index in [1.807, 2.05) is 6.08 Å². The van der Waals surface area contributed by atoms with Gasteiger partial charge in [0.15, 0.2) is 0 Å². The van der Waals surface area contributed by atoms with Crippen molar-refractivity contribution >= 4 is 0 Å². The number of nitrogens with two attached hydrogens (primary N) is 1. The molecular weight excluding hydrogens is 385 g/mol. The summed E-state index contributed by atoms with van der Waals surface area (Å²) < 4.78 is 49.7. The highest BCUT2D eigenvalue weighted by Crippen LogP contribution is 2.44. The Balaban J connectivity index is 1.66. The number of piperidine rings is 1. The number of aliphatic hydroxyl groups is 1. The van der Waals surface area contributed by atoms with Crippen molar-refractivity contribution in [3.8, 4) is 0 Å². The molecule has 8 unspecified atom stereocenters. The molecule has 3 fully saturated rings. The number of rotatable bonds is 5. The fourth-order valence-corrected chi connectivity index (χ4v) is 4.99. The molecule has 0 bridgehead atoms. The Labute approximate surface area is 170 Å². The molecule has 29 heavy (non-hydrogen) atoms. The van der Waals surface area contributed by atoms with E-state index in [1.165, 1.54) is 6.92 Å². The third-order valence-corrected chi connectivity index (χ3v) is 6.94. The fourth-order valence-electron chi connectivity index (χ4n) is 4.99. The molecule has 6 nitrogen and oxygen atoms in total. The second kappa shape index (κ2) is 9.20. The van der Waals surface area contributed by atoms with Crippen molar-refractivity contribution in [1.29, 1.82) is 0 Å². The second-order valence-electron chi connectivity index (χ2n) is 9.00. The first-order valence-corrected chi connectivity index (χ1v) is 10.6. The maximum Gasteiger partial charge on any atom is 0.288 e. The summed E-state index contributed by atoms with van der Waals surface area (Å²) in [5, 5.41) is 19.8. The molecule has 2 heterocycles. The van der Waals surface area contributed by atoms with Crippen LogP contribution in [0.4, 0.5) is 13.2 Å². The molecule has 2 saturated heterocycles. The van der Waals surface area contributed by atoms with E-state index in [9.17, 15) is 18.3 Å². The lowest BCUT2D eigenvalue weighted by Crippen LogP contribution is -2.68. The van der Waals surface area contributed by atoms with Crippen molar-refractivity contribution in [3.05, 3.63) is 12.7 Å². The van der Waals surface area contributed by atoms with Crippen molar-refractivity contribution < 1.29 is 23.0 Å². The van der Waals surface area contributed by atoms with Gasteiger partial charge in [-0.05, 0) is 44.9 Å². The van der Waals surface area contributed by atoms with Gasteiger partial charge in [-0.15, -0.1) is 6.58 Å². The monoisotopic (exact) mass is 420 g/mol. The molecule has 2 aliphatic heterocycles. The van der Waals surface area contributed by atoms with Crippen LogP contribution in [0.5, 0.6) is 0 Å². The van der Waals surface area contributed by atoms with Crippen LogP contribution in [0, 0.1) is 11.8 Å². The summed E-state index contributed by atoms with van der Waals surface area (Å²) >= 11 is 0. The van der Waals surface area contributed by atoms with Crippen LogP contribution in [-0.2, 0) is 4.74 Å². The number of ether oxygens (including phenoxy) is 1. The molecule has 0 radical (unpaired) electrons. The Morgan fingerprint density at radius 1 is 1.31 bits per heavy atom. The molecule has 6 N–H and O–H groups in total. The second-order valence-corrected chi connectivity index (χ2v) is 9.00. The van der Waals surface area contributed by atoms with Crippen molar-refractivity contribution in [2.45, 2.75) is 81.1 Å². The zero-order valence-corrected chi connectivity index (χ0v) is 17.0. The van der Waals surface area contributed by atoms with Crippen molar-refractivity contribution in [1.82, 2.24) is 16.0 Å². The van der Waals surface area contributed by atoms with Gasteiger partial charge in [0, 0.05) is 24.5 Å². The summed E-state index contributed by atoms with van der Waals surface area (Å²) in [6, 6.07) is -0.377. The lowest BCUT2D eigenvalue weighted by molar-refractivity contribution is -0.149. The summed E-state index contributed by atoms with van der Waals surface area (Å²) in [6.45, 7) is 5.06. The molecule has 0 amide bonds. The van der Waals surface area contributed by atoms with Crippen molar-refractivity contribution in [3.63, 3.8) is 0 Å². The van der Waals surface area contributed by atoms with Gasteiger partial charge < -0.3 is 20.9 Å². The Morgan fingerprint density at radius 3 is 2.72 bits per heavy atom. The van der Waals surface area contributed by atoms with Gasteiger partial charge in [0.05, 0.1) is 18.3 Å². The molecular formula is C20H35F3N4O2. The predicted molar refractivity (Wildman–Crippen MR) is 105 cm³/mol. The average Bonchev–Trinajstić information content (AvgIpc) is 2.78. The first kappa shape index (κ1) is 23.0. The molecule has 3 aliphatic rings. The molecule has 3 rings (SSSR count). The molecule has 8 atom stereocenters. The van der Waals surface area contributed by atoms with Crippen LogP contribution >= 0.6 is 0 Å². The molecule has 0 aromatic carbocycles. The molecule has 168 valence electrons. The molecule has 0 aromatic heterocycles. The standard InChI is InChI=1S/C20H35F3N4O2/c1-3-12-4-7-16(25-9-12)18(28)26-13-5-6-15(21)14(8-13)19(2)20(22,23)11-29-10-17(24)27-19/h3,12-18,25-28H,1,4-11,24H2,2H3. The highest BCUT2D eigenvalue weighted by atomic mass is 19.3. The summed E-state index contributed by atoms with van der Waals surface area (Å²) in [7, 11) is 0.